The molecule has 0 saturated carbocycles. The molecule has 7 nitrogen and oxygen atoms in total. The minimum Gasteiger partial charge on any atom is -0.493 e. The lowest BCUT2D eigenvalue weighted by molar-refractivity contribution is -0.130. The van der Waals surface area contributed by atoms with Gasteiger partial charge < -0.3 is 24.4 Å². The van der Waals surface area contributed by atoms with Gasteiger partial charge in [-0.1, -0.05) is 19.1 Å². The Hall–Kier alpha value is -2.28. The first-order chi connectivity index (χ1) is 12.6. The summed E-state index contributed by atoms with van der Waals surface area (Å²) in [6, 6.07) is 5.63. The summed E-state index contributed by atoms with van der Waals surface area (Å²) in [5.74, 6) is 0.693. The first-order valence-corrected chi connectivity index (χ1v) is 8.82. The highest BCUT2D eigenvalue weighted by molar-refractivity contribution is 5.83. The third-order valence-corrected chi connectivity index (χ3v) is 4.75. The third-order valence-electron chi connectivity index (χ3n) is 4.75. The van der Waals surface area contributed by atoms with Crippen LogP contribution >= 0.6 is 0 Å². The number of benzene rings is 1. The van der Waals surface area contributed by atoms with Crippen LogP contribution in [0.15, 0.2) is 18.2 Å². The van der Waals surface area contributed by atoms with Gasteiger partial charge >= 0.3 is 0 Å². The molecule has 1 aliphatic heterocycles. The maximum absolute atomic E-state index is 12.7. The van der Waals surface area contributed by atoms with Crippen molar-refractivity contribution < 1.29 is 23.8 Å². The molecule has 1 aliphatic rings. The van der Waals surface area contributed by atoms with Crippen LogP contribution in [0.25, 0.3) is 0 Å². The molecule has 7 heteroatoms. The Morgan fingerprint density at radius 1 is 1.19 bits per heavy atom. The summed E-state index contributed by atoms with van der Waals surface area (Å²) < 4.78 is 15.9. The zero-order chi connectivity index (χ0) is 19.1. The average Bonchev–Trinajstić information content (AvgIpc) is 3.12. The van der Waals surface area contributed by atoms with E-state index in [0.717, 1.165) is 5.56 Å². The first kappa shape index (κ1) is 20.0. The van der Waals surface area contributed by atoms with E-state index in [0.29, 0.717) is 44.2 Å². The Bertz CT molecular complexity index is 634. The van der Waals surface area contributed by atoms with Crippen molar-refractivity contribution in [1.82, 2.24) is 10.2 Å². The SMILES string of the molecule is CCC(=O)N1C[C@H](c2cccc(OC)c2OC)[C@H](C(=O)NCCOC)C1. The van der Waals surface area contributed by atoms with E-state index in [-0.39, 0.29) is 23.7 Å². The van der Waals surface area contributed by atoms with E-state index in [1.54, 1.807) is 26.2 Å². The van der Waals surface area contributed by atoms with Crippen molar-refractivity contribution in [2.45, 2.75) is 19.3 Å². The monoisotopic (exact) mass is 364 g/mol. The minimum absolute atomic E-state index is 0.0454. The van der Waals surface area contributed by atoms with Gasteiger partial charge in [-0.2, -0.15) is 0 Å². The number of methoxy groups -OCH3 is 3. The summed E-state index contributed by atoms with van der Waals surface area (Å²) in [5, 5.41) is 2.89. The van der Waals surface area contributed by atoms with Crippen LogP contribution < -0.4 is 14.8 Å². The Balaban J connectivity index is 2.32. The van der Waals surface area contributed by atoms with Crippen LogP contribution in [0.3, 0.4) is 0 Å². The van der Waals surface area contributed by atoms with Crippen LogP contribution in [0, 0.1) is 5.92 Å². The lowest BCUT2D eigenvalue weighted by atomic mass is 9.87. The number of amides is 2. The smallest absolute Gasteiger partial charge is 0.225 e. The second-order valence-corrected chi connectivity index (χ2v) is 6.23. The fraction of sp³-hybridized carbons (Fsp3) is 0.579. The second-order valence-electron chi connectivity index (χ2n) is 6.23. The van der Waals surface area contributed by atoms with Crippen molar-refractivity contribution >= 4 is 11.8 Å². The number of ether oxygens (including phenoxy) is 3. The number of nitrogens with zero attached hydrogens (tertiary/aromatic N) is 1. The Labute approximate surface area is 154 Å². The van der Waals surface area contributed by atoms with Gasteiger partial charge in [0.1, 0.15) is 0 Å². The quantitative estimate of drug-likeness (QED) is 0.706. The molecule has 1 fully saturated rings. The van der Waals surface area contributed by atoms with Crippen molar-refractivity contribution in [3.8, 4) is 11.5 Å². The first-order valence-electron chi connectivity index (χ1n) is 8.82. The van der Waals surface area contributed by atoms with E-state index in [9.17, 15) is 9.59 Å². The number of para-hydroxylation sites is 1. The van der Waals surface area contributed by atoms with Gasteiger partial charge in [0.15, 0.2) is 11.5 Å². The molecule has 2 rings (SSSR count). The molecule has 26 heavy (non-hydrogen) atoms. The second kappa shape index (κ2) is 9.43. The van der Waals surface area contributed by atoms with E-state index >= 15 is 0 Å². The lowest BCUT2D eigenvalue weighted by Gasteiger charge is -2.21. The molecule has 1 saturated heterocycles. The molecule has 0 radical (unpaired) electrons. The van der Waals surface area contributed by atoms with E-state index in [2.05, 4.69) is 5.32 Å². The Kier molecular flexibility index (Phi) is 7.26. The molecule has 144 valence electrons. The normalized spacial score (nSPS) is 19.3. The molecule has 2 atom stereocenters. The largest absolute Gasteiger partial charge is 0.493 e. The van der Waals surface area contributed by atoms with Crippen molar-refractivity contribution in [3.63, 3.8) is 0 Å². The van der Waals surface area contributed by atoms with Crippen molar-refractivity contribution in [2.24, 2.45) is 5.92 Å². The van der Waals surface area contributed by atoms with Gasteiger partial charge in [-0.3, -0.25) is 9.59 Å². The van der Waals surface area contributed by atoms with Gasteiger partial charge in [0.25, 0.3) is 0 Å². The summed E-state index contributed by atoms with van der Waals surface area (Å²) in [7, 11) is 4.75. The number of hydrogen-bond acceptors (Lipinski definition) is 5. The van der Waals surface area contributed by atoms with Crippen molar-refractivity contribution in [2.75, 3.05) is 47.6 Å². The molecule has 0 aromatic heterocycles. The molecule has 1 aromatic carbocycles. The summed E-state index contributed by atoms with van der Waals surface area (Å²) in [6.45, 7) is 3.60. The highest BCUT2D eigenvalue weighted by Gasteiger charge is 2.41. The zero-order valence-electron chi connectivity index (χ0n) is 15.9. The standard InChI is InChI=1S/C19H28N2O5/c1-5-17(22)21-11-14(15(12-21)19(23)20-9-10-24-2)13-7-6-8-16(25-3)18(13)26-4/h6-8,14-15H,5,9-12H2,1-4H3,(H,20,23)/t14-,15-/m1/s1. The molecule has 1 heterocycles. The van der Waals surface area contributed by atoms with Crippen LogP contribution in [0.2, 0.25) is 0 Å². The van der Waals surface area contributed by atoms with E-state index < -0.39 is 0 Å². The maximum Gasteiger partial charge on any atom is 0.225 e. The molecule has 0 aliphatic carbocycles. The molecule has 2 amide bonds. The fourth-order valence-corrected chi connectivity index (χ4v) is 3.42. The Morgan fingerprint density at radius 3 is 2.58 bits per heavy atom. The zero-order valence-corrected chi connectivity index (χ0v) is 15.9. The van der Waals surface area contributed by atoms with Gasteiger partial charge in [-0.25, -0.2) is 0 Å². The predicted molar refractivity (Wildman–Crippen MR) is 97.5 cm³/mol. The molecule has 1 N–H and O–H groups in total. The molecular formula is C19H28N2O5. The van der Waals surface area contributed by atoms with E-state index in [1.807, 2.05) is 25.1 Å². The van der Waals surface area contributed by atoms with Crippen molar-refractivity contribution in [3.05, 3.63) is 23.8 Å². The van der Waals surface area contributed by atoms with Gasteiger partial charge in [0, 0.05) is 44.6 Å². The highest BCUT2D eigenvalue weighted by Crippen LogP contribution is 2.42. The summed E-state index contributed by atoms with van der Waals surface area (Å²) >= 11 is 0. The van der Waals surface area contributed by atoms with E-state index in [1.165, 1.54) is 0 Å². The van der Waals surface area contributed by atoms with Gasteiger partial charge in [0.05, 0.1) is 26.7 Å². The van der Waals surface area contributed by atoms with Crippen molar-refractivity contribution in [1.29, 1.82) is 0 Å². The Morgan fingerprint density at radius 2 is 1.96 bits per heavy atom. The lowest BCUT2D eigenvalue weighted by Crippen LogP contribution is -2.37. The van der Waals surface area contributed by atoms with Crippen LogP contribution in [-0.4, -0.2) is 64.3 Å². The topological polar surface area (TPSA) is 77.1 Å². The fourth-order valence-electron chi connectivity index (χ4n) is 3.42. The molecule has 0 bridgehead atoms. The summed E-state index contributed by atoms with van der Waals surface area (Å²) in [5.41, 5.74) is 0.880. The van der Waals surface area contributed by atoms with Gasteiger partial charge in [0.2, 0.25) is 11.8 Å². The number of rotatable bonds is 8. The van der Waals surface area contributed by atoms with E-state index in [4.69, 9.17) is 14.2 Å². The average molecular weight is 364 g/mol. The molecule has 1 aromatic rings. The highest BCUT2D eigenvalue weighted by atomic mass is 16.5. The van der Waals surface area contributed by atoms with Gasteiger partial charge in [-0.05, 0) is 6.07 Å². The molecule has 0 spiro atoms. The van der Waals surface area contributed by atoms with Crippen LogP contribution in [-0.2, 0) is 14.3 Å². The van der Waals surface area contributed by atoms with Crippen LogP contribution in [0.1, 0.15) is 24.8 Å². The third kappa shape index (κ3) is 4.27. The number of nitrogens with one attached hydrogen (secondary N) is 1. The maximum atomic E-state index is 12.7. The summed E-state index contributed by atoms with van der Waals surface area (Å²) in [4.78, 5) is 26.7. The van der Waals surface area contributed by atoms with Crippen LogP contribution in [0.4, 0.5) is 0 Å². The molecule has 0 unspecified atom stereocenters. The number of hydrogen-bond donors (Lipinski definition) is 1. The molecular weight excluding hydrogens is 336 g/mol. The number of carbonyl (C=O) groups is 2. The predicted octanol–water partition coefficient (Wildman–Crippen LogP) is 1.42. The minimum atomic E-state index is -0.344. The number of carbonyl (C=O) groups excluding carboxylic acids is 2. The number of likely N-dealkylation sites (tertiary alicyclic amines) is 1. The summed E-state index contributed by atoms with van der Waals surface area (Å²) in [6.07, 6.45) is 0.417. The van der Waals surface area contributed by atoms with Gasteiger partial charge in [-0.15, -0.1) is 0 Å². The van der Waals surface area contributed by atoms with Crippen LogP contribution in [0.5, 0.6) is 11.5 Å².